The molecule has 0 spiro atoms. The lowest BCUT2D eigenvalue weighted by molar-refractivity contribution is 0.102. The maximum atomic E-state index is 12.2. The average molecular weight is 376 g/mol. The van der Waals surface area contributed by atoms with Crippen molar-refractivity contribution in [1.82, 2.24) is 9.97 Å². The Morgan fingerprint density at radius 1 is 0.852 bits per heavy atom. The lowest BCUT2D eigenvalue weighted by Gasteiger charge is -2.09. The third-order valence-corrected chi connectivity index (χ3v) is 4.07. The highest BCUT2D eigenvalue weighted by molar-refractivity contribution is 6.28. The number of anilines is 1. The fourth-order valence-electron chi connectivity index (χ4n) is 2.61. The Hall–Kier alpha value is -3.44. The monoisotopic (exact) mass is 375 g/mol. The number of nitrogens with one attached hydrogen (secondary N) is 1. The molecule has 0 aliphatic heterocycles. The molecule has 1 amide bonds. The van der Waals surface area contributed by atoms with Gasteiger partial charge in [0.2, 0.25) is 11.2 Å². The molecule has 0 atom stereocenters. The largest absolute Gasteiger partial charge is 0.438 e. The molecule has 4 aromatic rings. The van der Waals surface area contributed by atoms with Gasteiger partial charge in [-0.3, -0.25) is 4.79 Å². The first-order valence-corrected chi connectivity index (χ1v) is 8.63. The Morgan fingerprint density at radius 2 is 1.56 bits per heavy atom. The molecule has 0 saturated heterocycles. The number of amides is 1. The van der Waals surface area contributed by atoms with Crippen LogP contribution in [0.2, 0.25) is 5.28 Å². The number of benzene rings is 3. The van der Waals surface area contributed by atoms with E-state index < -0.39 is 0 Å². The number of nitrogens with zero attached hydrogens (tertiary/aromatic N) is 2. The van der Waals surface area contributed by atoms with Crippen molar-refractivity contribution in [3.05, 3.63) is 89.7 Å². The average Bonchev–Trinajstić information content (AvgIpc) is 2.70. The van der Waals surface area contributed by atoms with E-state index in [0.29, 0.717) is 28.4 Å². The van der Waals surface area contributed by atoms with E-state index in [0.717, 1.165) is 5.39 Å². The van der Waals surface area contributed by atoms with E-state index in [1.807, 2.05) is 42.5 Å². The quantitative estimate of drug-likeness (QED) is 0.490. The number of aromatic nitrogens is 2. The summed E-state index contributed by atoms with van der Waals surface area (Å²) in [6.07, 6.45) is 0. The van der Waals surface area contributed by atoms with Crippen molar-refractivity contribution >= 4 is 34.1 Å². The number of fused-ring (bicyclic) bond motifs is 1. The van der Waals surface area contributed by atoms with Crippen molar-refractivity contribution in [2.24, 2.45) is 0 Å². The van der Waals surface area contributed by atoms with Crippen molar-refractivity contribution in [3.63, 3.8) is 0 Å². The predicted octanol–water partition coefficient (Wildman–Crippen LogP) is 5.33. The third-order valence-electron chi connectivity index (χ3n) is 3.90. The second kappa shape index (κ2) is 7.43. The molecule has 1 aromatic heterocycles. The lowest BCUT2D eigenvalue weighted by atomic mass is 10.2. The van der Waals surface area contributed by atoms with E-state index in [4.69, 9.17) is 16.3 Å². The summed E-state index contributed by atoms with van der Waals surface area (Å²) in [6.45, 7) is 0. The van der Waals surface area contributed by atoms with Crippen molar-refractivity contribution in [2.45, 2.75) is 0 Å². The Kier molecular flexibility index (Phi) is 4.68. The normalized spacial score (nSPS) is 10.6. The molecule has 6 heteroatoms. The molecule has 3 aromatic carbocycles. The number of ether oxygens (including phenoxy) is 1. The molecule has 1 heterocycles. The van der Waals surface area contributed by atoms with Crippen LogP contribution in [0, 0.1) is 0 Å². The first-order chi connectivity index (χ1) is 13.2. The van der Waals surface area contributed by atoms with E-state index >= 15 is 0 Å². The van der Waals surface area contributed by atoms with E-state index in [-0.39, 0.29) is 11.2 Å². The van der Waals surface area contributed by atoms with Crippen LogP contribution in [-0.4, -0.2) is 15.9 Å². The standard InChI is InChI=1S/C21H14ClN3O2/c22-21-24-18-9-5-4-8-17(18)20(25-21)27-16-12-10-15(11-13-16)23-19(26)14-6-2-1-3-7-14/h1-13H,(H,23,26). The molecule has 0 bridgehead atoms. The van der Waals surface area contributed by atoms with E-state index in [9.17, 15) is 4.79 Å². The lowest BCUT2D eigenvalue weighted by Crippen LogP contribution is -2.11. The molecule has 4 rings (SSSR count). The van der Waals surface area contributed by atoms with E-state index in [1.54, 1.807) is 36.4 Å². The minimum Gasteiger partial charge on any atom is -0.438 e. The van der Waals surface area contributed by atoms with Gasteiger partial charge in [-0.2, -0.15) is 4.98 Å². The maximum absolute atomic E-state index is 12.2. The van der Waals surface area contributed by atoms with E-state index in [1.165, 1.54) is 0 Å². The van der Waals surface area contributed by atoms with Crippen LogP contribution in [0.15, 0.2) is 78.9 Å². The van der Waals surface area contributed by atoms with Gasteiger partial charge < -0.3 is 10.1 Å². The van der Waals surface area contributed by atoms with Crippen molar-refractivity contribution in [1.29, 1.82) is 0 Å². The Bertz CT molecular complexity index is 1100. The number of carbonyl (C=O) groups is 1. The zero-order valence-electron chi connectivity index (χ0n) is 14.1. The van der Waals surface area contributed by atoms with Crippen molar-refractivity contribution in [3.8, 4) is 11.6 Å². The van der Waals surface area contributed by atoms with Gasteiger partial charge in [-0.25, -0.2) is 4.98 Å². The van der Waals surface area contributed by atoms with Gasteiger partial charge in [0.1, 0.15) is 5.75 Å². The van der Waals surface area contributed by atoms with Crippen LogP contribution >= 0.6 is 11.6 Å². The van der Waals surface area contributed by atoms with Crippen molar-refractivity contribution < 1.29 is 9.53 Å². The minimum absolute atomic E-state index is 0.121. The van der Waals surface area contributed by atoms with Crippen molar-refractivity contribution in [2.75, 3.05) is 5.32 Å². The van der Waals surface area contributed by atoms with Crippen LogP contribution in [0.3, 0.4) is 0 Å². The summed E-state index contributed by atoms with van der Waals surface area (Å²) in [5.41, 5.74) is 1.97. The molecular formula is C21H14ClN3O2. The molecule has 0 radical (unpaired) electrons. The first-order valence-electron chi connectivity index (χ1n) is 8.26. The Morgan fingerprint density at radius 3 is 2.33 bits per heavy atom. The smallest absolute Gasteiger partial charge is 0.255 e. The van der Waals surface area contributed by atoms with E-state index in [2.05, 4.69) is 15.3 Å². The molecule has 5 nitrogen and oxygen atoms in total. The molecule has 132 valence electrons. The summed E-state index contributed by atoms with van der Waals surface area (Å²) in [7, 11) is 0. The van der Waals surface area contributed by atoms with Gasteiger partial charge in [0, 0.05) is 11.3 Å². The minimum atomic E-state index is -0.169. The maximum Gasteiger partial charge on any atom is 0.255 e. The molecule has 0 saturated carbocycles. The second-order valence-corrected chi connectivity index (χ2v) is 6.10. The topological polar surface area (TPSA) is 64.1 Å². The van der Waals surface area contributed by atoms with Gasteiger partial charge in [-0.1, -0.05) is 30.3 Å². The first kappa shape index (κ1) is 17.0. The second-order valence-electron chi connectivity index (χ2n) is 5.76. The highest BCUT2D eigenvalue weighted by Crippen LogP contribution is 2.29. The Labute approximate surface area is 160 Å². The van der Waals surface area contributed by atoms with Crippen LogP contribution in [0.4, 0.5) is 5.69 Å². The summed E-state index contributed by atoms with van der Waals surface area (Å²) in [4.78, 5) is 20.5. The van der Waals surface area contributed by atoms with Gasteiger partial charge >= 0.3 is 0 Å². The summed E-state index contributed by atoms with van der Waals surface area (Å²) < 4.78 is 5.87. The zero-order valence-corrected chi connectivity index (χ0v) is 14.9. The zero-order chi connectivity index (χ0) is 18.6. The fourth-order valence-corrected chi connectivity index (χ4v) is 2.78. The summed E-state index contributed by atoms with van der Waals surface area (Å²) >= 11 is 5.98. The number of halogens is 1. The molecule has 0 fully saturated rings. The van der Waals surface area contributed by atoms with Gasteiger partial charge in [0.25, 0.3) is 5.91 Å². The highest BCUT2D eigenvalue weighted by Gasteiger charge is 2.09. The summed E-state index contributed by atoms with van der Waals surface area (Å²) in [5, 5.41) is 3.73. The molecule has 27 heavy (non-hydrogen) atoms. The molecule has 0 aliphatic carbocycles. The third kappa shape index (κ3) is 3.88. The van der Waals surface area contributed by atoms with Crippen LogP contribution in [-0.2, 0) is 0 Å². The van der Waals surface area contributed by atoms with Gasteiger partial charge in [-0.15, -0.1) is 0 Å². The predicted molar refractivity (Wildman–Crippen MR) is 105 cm³/mol. The SMILES string of the molecule is O=C(Nc1ccc(Oc2nc(Cl)nc3ccccc23)cc1)c1ccccc1. The summed E-state index contributed by atoms with van der Waals surface area (Å²) in [6, 6.07) is 23.5. The summed E-state index contributed by atoms with van der Waals surface area (Å²) in [5.74, 6) is 0.789. The number of hydrogen-bond donors (Lipinski definition) is 1. The molecule has 0 aliphatic rings. The van der Waals surface area contributed by atoms with Crippen LogP contribution < -0.4 is 10.1 Å². The molecule has 1 N–H and O–H groups in total. The fraction of sp³-hybridized carbons (Fsp3) is 0. The molecule has 0 unspecified atom stereocenters. The Balaban J connectivity index is 1.53. The van der Waals surface area contributed by atoms with Crippen LogP contribution in [0.25, 0.3) is 10.9 Å². The number of carbonyl (C=O) groups excluding carboxylic acids is 1. The van der Waals surface area contributed by atoms with Gasteiger partial charge in [0.15, 0.2) is 0 Å². The van der Waals surface area contributed by atoms with Gasteiger partial charge in [0.05, 0.1) is 10.9 Å². The number of para-hydroxylation sites is 1. The highest BCUT2D eigenvalue weighted by atomic mass is 35.5. The molecular weight excluding hydrogens is 362 g/mol. The number of hydrogen-bond acceptors (Lipinski definition) is 4. The van der Waals surface area contributed by atoms with Crippen LogP contribution in [0.5, 0.6) is 11.6 Å². The van der Waals surface area contributed by atoms with Crippen LogP contribution in [0.1, 0.15) is 10.4 Å². The number of rotatable bonds is 4. The van der Waals surface area contributed by atoms with Gasteiger partial charge in [-0.05, 0) is 60.1 Å².